The summed E-state index contributed by atoms with van der Waals surface area (Å²) in [6.07, 6.45) is -0.294. The van der Waals surface area contributed by atoms with Gasteiger partial charge in [0.1, 0.15) is 6.23 Å². The van der Waals surface area contributed by atoms with Gasteiger partial charge in [-0.15, -0.1) is 0 Å². The number of ketones is 2. The number of Topliss-reactive ketones (excluding diaryl/α,β-unsaturated/α-hetero) is 2. The predicted molar refractivity (Wildman–Crippen MR) is 140 cm³/mol. The van der Waals surface area contributed by atoms with Gasteiger partial charge >= 0.3 is 0 Å². The first-order chi connectivity index (χ1) is 17.9. The molecule has 3 heterocycles. The number of carbonyl (C=O) groups is 3. The Morgan fingerprint density at radius 1 is 1.18 bits per heavy atom. The van der Waals surface area contributed by atoms with Gasteiger partial charge in [0.05, 0.1) is 31.3 Å². The minimum atomic E-state index is -0.986. The molecule has 5 N–H and O–H groups in total. The van der Waals surface area contributed by atoms with E-state index < -0.39 is 30.4 Å². The number of fused-ring (bicyclic) bond motifs is 6. The number of likely N-dealkylation sites (N-methyl/N-ethyl adjacent to an activating group) is 1. The third-order valence-electron chi connectivity index (χ3n) is 8.93. The van der Waals surface area contributed by atoms with Crippen molar-refractivity contribution in [2.45, 2.75) is 77.0 Å². The molecule has 1 fully saturated rings. The van der Waals surface area contributed by atoms with Crippen molar-refractivity contribution in [3.63, 3.8) is 0 Å². The quantitative estimate of drug-likeness (QED) is 0.417. The van der Waals surface area contributed by atoms with Gasteiger partial charge in [0.25, 0.3) is 0 Å². The predicted octanol–water partition coefficient (Wildman–Crippen LogP) is 0.630. The number of benzene rings is 1. The van der Waals surface area contributed by atoms with Gasteiger partial charge in [0.2, 0.25) is 5.91 Å². The fraction of sp³-hybridized carbons (Fsp3) is 0.536. The van der Waals surface area contributed by atoms with Crippen LogP contribution in [0.25, 0.3) is 0 Å². The maximum Gasteiger partial charge on any atom is 0.236 e. The third kappa shape index (κ3) is 3.65. The van der Waals surface area contributed by atoms with Crippen molar-refractivity contribution in [2.24, 2.45) is 5.73 Å². The van der Waals surface area contributed by atoms with Gasteiger partial charge in [0.15, 0.2) is 23.1 Å². The molecule has 204 valence electrons. The zero-order valence-corrected chi connectivity index (χ0v) is 22.7. The molecular formula is C28H36N4O6. The maximum atomic E-state index is 13.6. The number of rotatable bonds is 4. The van der Waals surface area contributed by atoms with Gasteiger partial charge in [-0.25, -0.2) is 0 Å². The van der Waals surface area contributed by atoms with E-state index in [4.69, 9.17) is 10.5 Å². The van der Waals surface area contributed by atoms with Crippen LogP contribution in [0.1, 0.15) is 49.9 Å². The SMILES string of the molecule is COc1c(C)cc2c(c1O)[C@@H]1[C@@H]3CC4=C(C(=O)C(C)=C(C)C4=O)[C@H](CNC(=O)[C@H](C)N)N3[C@@H](O)[C@H](C2)N1C. The van der Waals surface area contributed by atoms with E-state index in [0.29, 0.717) is 40.0 Å². The highest BCUT2D eigenvalue weighted by Gasteiger charge is 2.57. The van der Waals surface area contributed by atoms with Crippen LogP contribution in [0.3, 0.4) is 0 Å². The van der Waals surface area contributed by atoms with Crippen molar-refractivity contribution < 1.29 is 29.3 Å². The summed E-state index contributed by atoms with van der Waals surface area (Å²) in [5.41, 5.74) is 9.72. The van der Waals surface area contributed by atoms with Gasteiger partial charge in [0, 0.05) is 40.4 Å². The number of aromatic hydroxyl groups is 1. The molecule has 0 spiro atoms. The molecule has 5 rings (SSSR count). The Balaban J connectivity index is 1.69. The van der Waals surface area contributed by atoms with Gasteiger partial charge in [-0.1, -0.05) is 6.07 Å². The molecule has 3 aliphatic heterocycles. The van der Waals surface area contributed by atoms with E-state index in [-0.39, 0.29) is 42.2 Å². The summed E-state index contributed by atoms with van der Waals surface area (Å²) in [4.78, 5) is 43.5. The lowest BCUT2D eigenvalue weighted by Crippen LogP contribution is -2.71. The van der Waals surface area contributed by atoms with E-state index in [1.165, 1.54) is 7.11 Å². The average Bonchev–Trinajstić information content (AvgIpc) is 2.87. The maximum absolute atomic E-state index is 13.6. The van der Waals surface area contributed by atoms with Crippen LogP contribution >= 0.6 is 0 Å². The molecular weight excluding hydrogens is 488 g/mol. The number of amides is 1. The lowest BCUT2D eigenvalue weighted by atomic mass is 9.70. The molecule has 1 aromatic rings. The van der Waals surface area contributed by atoms with Crippen LogP contribution in [0.15, 0.2) is 28.4 Å². The molecule has 38 heavy (non-hydrogen) atoms. The lowest BCUT2D eigenvalue weighted by molar-refractivity contribution is -0.166. The van der Waals surface area contributed by atoms with Crippen molar-refractivity contribution in [1.29, 1.82) is 0 Å². The van der Waals surface area contributed by atoms with E-state index in [0.717, 1.165) is 11.1 Å². The summed E-state index contributed by atoms with van der Waals surface area (Å²) in [7, 11) is 3.42. The Labute approximate surface area is 222 Å². The second kappa shape index (κ2) is 9.30. The molecule has 1 amide bonds. The number of nitrogens with zero attached hydrogens (tertiary/aromatic N) is 2. The minimum Gasteiger partial charge on any atom is -0.504 e. The number of aliphatic hydroxyl groups excluding tert-OH is 1. The molecule has 1 aromatic carbocycles. The number of nitrogens with two attached hydrogens (primary N) is 1. The highest BCUT2D eigenvalue weighted by Crippen LogP contribution is 2.53. The van der Waals surface area contributed by atoms with Gasteiger partial charge in [-0.2, -0.15) is 0 Å². The van der Waals surface area contributed by atoms with Gasteiger partial charge in [-0.3, -0.25) is 24.2 Å². The van der Waals surface area contributed by atoms with Crippen LogP contribution in [-0.4, -0.2) is 88.6 Å². The monoisotopic (exact) mass is 524 g/mol. The highest BCUT2D eigenvalue weighted by atomic mass is 16.5. The number of piperazine rings is 1. The number of hydrogen-bond donors (Lipinski definition) is 4. The van der Waals surface area contributed by atoms with Crippen molar-refractivity contribution in [1.82, 2.24) is 15.1 Å². The lowest BCUT2D eigenvalue weighted by Gasteiger charge is -2.60. The van der Waals surface area contributed by atoms with Crippen LogP contribution in [0.5, 0.6) is 11.5 Å². The van der Waals surface area contributed by atoms with Gasteiger partial charge < -0.3 is 26.0 Å². The summed E-state index contributed by atoms with van der Waals surface area (Å²) in [5, 5.41) is 26.0. The van der Waals surface area contributed by atoms with E-state index in [2.05, 4.69) is 10.2 Å². The zero-order valence-electron chi connectivity index (χ0n) is 22.7. The Bertz CT molecular complexity index is 1310. The van der Waals surface area contributed by atoms with Crippen molar-refractivity contribution in [3.05, 3.63) is 45.0 Å². The summed E-state index contributed by atoms with van der Waals surface area (Å²) in [5.74, 6) is -0.384. The molecule has 6 atom stereocenters. The summed E-state index contributed by atoms with van der Waals surface area (Å²) >= 11 is 0. The highest BCUT2D eigenvalue weighted by molar-refractivity contribution is 6.25. The number of phenols is 1. The second-order valence-electron chi connectivity index (χ2n) is 11.0. The Kier molecular flexibility index (Phi) is 6.50. The average molecular weight is 525 g/mol. The second-order valence-corrected chi connectivity index (χ2v) is 11.0. The fourth-order valence-electron chi connectivity index (χ4n) is 6.88. The van der Waals surface area contributed by atoms with Crippen LogP contribution in [0.2, 0.25) is 0 Å². The Morgan fingerprint density at radius 2 is 1.84 bits per heavy atom. The van der Waals surface area contributed by atoms with Crippen LogP contribution in [-0.2, 0) is 20.8 Å². The molecule has 10 nitrogen and oxygen atoms in total. The van der Waals surface area contributed by atoms with Crippen molar-refractivity contribution in [3.8, 4) is 11.5 Å². The Morgan fingerprint density at radius 3 is 2.47 bits per heavy atom. The standard InChI is InChI=1S/C28H36N4O6/c1-11-7-15-8-18-28(37)32-17(22(31(18)5)20(15)25(35)26(11)38-6)9-16-21(19(32)10-30-27(36)14(4)29)24(34)13(3)12(2)23(16)33/h7,14,17-19,22,28,35,37H,8-10,29H2,1-6H3,(H,30,36)/t14-,17-,18-,19-,22-,28-/m0/s1. The molecule has 0 aromatic heterocycles. The smallest absolute Gasteiger partial charge is 0.236 e. The van der Waals surface area contributed by atoms with Crippen LogP contribution < -0.4 is 15.8 Å². The largest absolute Gasteiger partial charge is 0.504 e. The number of aliphatic hydroxyl groups is 1. The number of carbonyl (C=O) groups excluding carboxylic acids is 3. The topological polar surface area (TPSA) is 145 Å². The van der Waals surface area contributed by atoms with E-state index >= 15 is 0 Å². The number of hydrogen-bond acceptors (Lipinski definition) is 9. The molecule has 0 saturated carbocycles. The first kappa shape index (κ1) is 26.6. The number of ether oxygens (including phenoxy) is 1. The number of phenolic OH excluding ortho intramolecular Hbond substituents is 1. The van der Waals surface area contributed by atoms with Crippen LogP contribution in [0.4, 0.5) is 0 Å². The van der Waals surface area contributed by atoms with E-state index in [1.54, 1.807) is 20.8 Å². The van der Waals surface area contributed by atoms with Crippen LogP contribution in [0, 0.1) is 6.92 Å². The number of aryl methyl sites for hydroxylation is 1. The first-order valence-corrected chi connectivity index (χ1v) is 13.0. The molecule has 1 saturated heterocycles. The first-order valence-electron chi connectivity index (χ1n) is 13.0. The fourth-order valence-corrected chi connectivity index (χ4v) is 6.88. The number of allylic oxidation sites excluding steroid dienone is 2. The molecule has 2 bridgehead atoms. The molecule has 10 heteroatoms. The van der Waals surface area contributed by atoms with Crippen molar-refractivity contribution >= 4 is 17.5 Å². The normalized spacial score (nSPS) is 30.1. The Hall–Kier alpha value is -3.05. The number of methoxy groups -OCH3 is 1. The molecule has 0 radical (unpaired) electrons. The van der Waals surface area contributed by atoms with Crippen molar-refractivity contribution in [2.75, 3.05) is 20.7 Å². The minimum absolute atomic E-state index is 0.0112. The van der Waals surface area contributed by atoms with E-state index in [9.17, 15) is 24.6 Å². The summed E-state index contributed by atoms with van der Waals surface area (Å²) in [6, 6.07) is -0.692. The summed E-state index contributed by atoms with van der Waals surface area (Å²) in [6.45, 7) is 6.75. The molecule has 0 unspecified atom stereocenters. The number of nitrogens with one attached hydrogen (secondary N) is 1. The third-order valence-corrected chi connectivity index (χ3v) is 8.93. The van der Waals surface area contributed by atoms with Gasteiger partial charge in [-0.05, 0) is 58.7 Å². The molecule has 1 aliphatic carbocycles. The molecule has 4 aliphatic rings. The summed E-state index contributed by atoms with van der Waals surface area (Å²) < 4.78 is 5.52. The van der Waals surface area contributed by atoms with E-state index in [1.807, 2.05) is 24.9 Å². The zero-order chi connectivity index (χ0) is 27.8.